The third kappa shape index (κ3) is 10.1. The average molecular weight is 237 g/mol. The van der Waals surface area contributed by atoms with Gasteiger partial charge < -0.3 is 5.32 Å². The van der Waals surface area contributed by atoms with Crippen molar-refractivity contribution in [3.8, 4) is 0 Å². The minimum Gasteiger partial charge on any atom is -0.314 e. The van der Waals surface area contributed by atoms with E-state index in [1.165, 1.54) is 0 Å². The molecule has 0 aromatic heterocycles. The highest BCUT2D eigenvalue weighted by molar-refractivity contribution is 7.87. The zero-order valence-corrected chi connectivity index (χ0v) is 10.7. The lowest BCUT2D eigenvalue weighted by molar-refractivity contribution is 0.547. The van der Waals surface area contributed by atoms with Crippen LogP contribution in [0.4, 0.5) is 0 Å². The Bertz CT molecular complexity index is 240. The molecule has 0 aliphatic carbocycles. The maximum atomic E-state index is 11.2. The van der Waals surface area contributed by atoms with Crippen molar-refractivity contribution in [3.63, 3.8) is 0 Å². The van der Waals surface area contributed by atoms with Crippen LogP contribution in [-0.4, -0.2) is 34.1 Å². The molecule has 0 amide bonds. The van der Waals surface area contributed by atoms with Crippen molar-refractivity contribution in [1.29, 1.82) is 0 Å². The SMILES string of the molecule is CCCNS(=O)(=O)NCCCNC(C)C. The van der Waals surface area contributed by atoms with Gasteiger partial charge in [0, 0.05) is 19.1 Å². The van der Waals surface area contributed by atoms with E-state index >= 15 is 0 Å². The number of hydrogen-bond acceptors (Lipinski definition) is 3. The summed E-state index contributed by atoms with van der Waals surface area (Å²) in [5, 5.41) is 3.22. The zero-order valence-electron chi connectivity index (χ0n) is 9.84. The summed E-state index contributed by atoms with van der Waals surface area (Å²) in [5.41, 5.74) is 0. The van der Waals surface area contributed by atoms with Gasteiger partial charge in [0.25, 0.3) is 10.2 Å². The highest BCUT2D eigenvalue weighted by atomic mass is 32.2. The maximum Gasteiger partial charge on any atom is 0.276 e. The van der Waals surface area contributed by atoms with E-state index in [1.807, 2.05) is 6.92 Å². The molecule has 0 radical (unpaired) electrons. The molecular formula is C9H23N3O2S. The molecule has 0 aliphatic rings. The van der Waals surface area contributed by atoms with Crippen LogP contribution >= 0.6 is 0 Å². The largest absolute Gasteiger partial charge is 0.314 e. The first-order valence-corrected chi connectivity index (χ1v) is 6.94. The first kappa shape index (κ1) is 14.8. The van der Waals surface area contributed by atoms with Gasteiger partial charge in [-0.05, 0) is 19.4 Å². The number of rotatable bonds is 9. The van der Waals surface area contributed by atoms with E-state index in [4.69, 9.17) is 0 Å². The second-order valence-corrected chi connectivity index (χ2v) is 5.34. The minimum absolute atomic E-state index is 0.444. The van der Waals surface area contributed by atoms with Crippen LogP contribution in [0.15, 0.2) is 0 Å². The summed E-state index contributed by atoms with van der Waals surface area (Å²) in [6, 6.07) is 0.444. The Labute approximate surface area is 93.2 Å². The molecule has 0 bridgehead atoms. The van der Waals surface area contributed by atoms with Gasteiger partial charge in [0.2, 0.25) is 0 Å². The lowest BCUT2D eigenvalue weighted by atomic mass is 10.3. The Morgan fingerprint density at radius 3 is 2.20 bits per heavy atom. The molecule has 0 atom stereocenters. The lowest BCUT2D eigenvalue weighted by Gasteiger charge is -2.09. The van der Waals surface area contributed by atoms with E-state index in [9.17, 15) is 8.42 Å². The van der Waals surface area contributed by atoms with Gasteiger partial charge in [-0.1, -0.05) is 20.8 Å². The highest BCUT2D eigenvalue weighted by Crippen LogP contribution is 1.82. The molecule has 0 rings (SSSR count). The number of hydrogen-bond donors (Lipinski definition) is 3. The predicted octanol–water partition coefficient (Wildman–Crippen LogP) is 0.209. The van der Waals surface area contributed by atoms with Crippen LogP contribution < -0.4 is 14.8 Å². The first-order chi connectivity index (χ1) is 6.98. The summed E-state index contributed by atoms with van der Waals surface area (Å²) >= 11 is 0. The van der Waals surface area contributed by atoms with Gasteiger partial charge in [-0.2, -0.15) is 8.42 Å². The van der Waals surface area contributed by atoms with Crippen molar-refractivity contribution in [1.82, 2.24) is 14.8 Å². The summed E-state index contributed by atoms with van der Waals surface area (Å²) < 4.78 is 27.4. The molecular weight excluding hydrogens is 214 g/mol. The molecule has 0 heterocycles. The van der Waals surface area contributed by atoms with Crippen molar-refractivity contribution in [2.45, 2.75) is 39.7 Å². The summed E-state index contributed by atoms with van der Waals surface area (Å²) in [6.07, 6.45) is 1.60. The Morgan fingerprint density at radius 2 is 1.67 bits per heavy atom. The highest BCUT2D eigenvalue weighted by Gasteiger charge is 2.06. The second kappa shape index (κ2) is 8.04. The molecule has 0 aromatic carbocycles. The van der Waals surface area contributed by atoms with Crippen molar-refractivity contribution >= 4 is 10.2 Å². The van der Waals surface area contributed by atoms with E-state index < -0.39 is 10.2 Å². The Morgan fingerprint density at radius 1 is 1.07 bits per heavy atom. The predicted molar refractivity (Wildman–Crippen MR) is 63.0 cm³/mol. The van der Waals surface area contributed by atoms with Crippen LogP contribution in [0.3, 0.4) is 0 Å². The quantitative estimate of drug-likeness (QED) is 0.502. The van der Waals surface area contributed by atoms with E-state index in [0.29, 0.717) is 19.1 Å². The van der Waals surface area contributed by atoms with E-state index in [-0.39, 0.29) is 0 Å². The normalized spacial score (nSPS) is 12.3. The molecule has 0 spiro atoms. The molecule has 6 heteroatoms. The topological polar surface area (TPSA) is 70.2 Å². The van der Waals surface area contributed by atoms with Crippen LogP contribution in [0.25, 0.3) is 0 Å². The summed E-state index contributed by atoms with van der Waals surface area (Å²) in [5.74, 6) is 0. The monoisotopic (exact) mass is 237 g/mol. The molecule has 0 saturated heterocycles. The fraction of sp³-hybridized carbons (Fsp3) is 1.00. The van der Waals surface area contributed by atoms with Crippen molar-refractivity contribution in [2.75, 3.05) is 19.6 Å². The molecule has 15 heavy (non-hydrogen) atoms. The second-order valence-electron chi connectivity index (χ2n) is 3.75. The van der Waals surface area contributed by atoms with Gasteiger partial charge in [0.05, 0.1) is 0 Å². The molecule has 92 valence electrons. The van der Waals surface area contributed by atoms with E-state index in [0.717, 1.165) is 19.4 Å². The molecule has 0 aromatic rings. The van der Waals surface area contributed by atoms with Gasteiger partial charge in [0.15, 0.2) is 0 Å². The van der Waals surface area contributed by atoms with Crippen LogP contribution in [0.1, 0.15) is 33.6 Å². The van der Waals surface area contributed by atoms with Crippen molar-refractivity contribution in [3.05, 3.63) is 0 Å². The number of nitrogens with one attached hydrogen (secondary N) is 3. The fourth-order valence-corrected chi connectivity index (χ4v) is 1.96. The van der Waals surface area contributed by atoms with Gasteiger partial charge in [-0.25, -0.2) is 9.44 Å². The van der Waals surface area contributed by atoms with Gasteiger partial charge in [-0.15, -0.1) is 0 Å². The Balaban J connectivity index is 3.49. The van der Waals surface area contributed by atoms with Crippen molar-refractivity contribution in [2.24, 2.45) is 0 Å². The van der Waals surface area contributed by atoms with Crippen LogP contribution in [0, 0.1) is 0 Å². The lowest BCUT2D eigenvalue weighted by Crippen LogP contribution is -2.38. The zero-order chi connectivity index (χ0) is 11.7. The smallest absolute Gasteiger partial charge is 0.276 e. The Hall–Kier alpha value is -0.170. The van der Waals surface area contributed by atoms with Crippen molar-refractivity contribution < 1.29 is 8.42 Å². The third-order valence-electron chi connectivity index (χ3n) is 1.74. The summed E-state index contributed by atoms with van der Waals surface area (Å²) in [4.78, 5) is 0. The van der Waals surface area contributed by atoms with E-state index in [2.05, 4.69) is 28.6 Å². The molecule has 0 unspecified atom stereocenters. The summed E-state index contributed by atoms with van der Waals surface area (Å²) in [7, 11) is -3.27. The van der Waals surface area contributed by atoms with Crippen LogP contribution in [0.2, 0.25) is 0 Å². The molecule has 5 nitrogen and oxygen atoms in total. The molecule has 0 fully saturated rings. The third-order valence-corrected chi connectivity index (χ3v) is 2.91. The minimum atomic E-state index is -3.27. The molecule has 0 saturated carbocycles. The molecule has 0 aliphatic heterocycles. The maximum absolute atomic E-state index is 11.2. The van der Waals surface area contributed by atoms with Crippen LogP contribution in [-0.2, 0) is 10.2 Å². The van der Waals surface area contributed by atoms with Gasteiger partial charge in [-0.3, -0.25) is 0 Å². The average Bonchev–Trinajstić information content (AvgIpc) is 2.14. The Kier molecular flexibility index (Phi) is 7.95. The van der Waals surface area contributed by atoms with Gasteiger partial charge in [0.1, 0.15) is 0 Å². The van der Waals surface area contributed by atoms with Gasteiger partial charge >= 0.3 is 0 Å². The van der Waals surface area contributed by atoms with E-state index in [1.54, 1.807) is 0 Å². The first-order valence-electron chi connectivity index (χ1n) is 5.45. The van der Waals surface area contributed by atoms with Crippen LogP contribution in [0.5, 0.6) is 0 Å². The summed E-state index contributed by atoms with van der Waals surface area (Å²) in [6.45, 7) is 7.83. The standard InChI is InChI=1S/C9H23N3O2S/c1-4-6-11-15(13,14)12-8-5-7-10-9(2)3/h9-12H,4-8H2,1-3H3. The molecule has 3 N–H and O–H groups in total. The fourth-order valence-electron chi connectivity index (χ4n) is 0.973.